The number of rotatable bonds is 6. The number of unbranched alkanes of at least 4 members (excludes halogenated alkanes) is 1. The minimum Gasteiger partial charge on any atom is -0.488 e. The molecule has 0 heterocycles. The number of carbonyl (C=O) groups is 1. The molecule has 16 heavy (non-hydrogen) atoms. The molecule has 1 rings (SSSR count). The zero-order chi connectivity index (χ0) is 12.0. The summed E-state index contributed by atoms with van der Waals surface area (Å²) in [4.78, 5) is 10.3. The van der Waals surface area contributed by atoms with Gasteiger partial charge in [-0.05, 0) is 25.0 Å². The first-order chi connectivity index (χ1) is 7.69. The van der Waals surface area contributed by atoms with E-state index >= 15 is 0 Å². The van der Waals surface area contributed by atoms with Crippen LogP contribution in [-0.2, 0) is 0 Å². The molecule has 0 saturated carbocycles. The van der Waals surface area contributed by atoms with Crippen molar-refractivity contribution in [2.45, 2.75) is 12.8 Å². The van der Waals surface area contributed by atoms with Crippen LogP contribution in [0.15, 0.2) is 24.8 Å². The van der Waals surface area contributed by atoms with Crippen LogP contribution < -0.4 is 4.74 Å². The molecule has 0 atom stereocenters. The fourth-order valence-corrected chi connectivity index (χ4v) is 1.19. The standard InChI is InChI=1S/C12H12F2O2/c1-2-3-4-5-16-12-10(13)6-9(8-15)7-11(12)14/h2,6-8H,1,3-5H2. The summed E-state index contributed by atoms with van der Waals surface area (Å²) < 4.78 is 31.5. The highest BCUT2D eigenvalue weighted by Crippen LogP contribution is 2.22. The second kappa shape index (κ2) is 6.00. The Labute approximate surface area is 92.5 Å². The number of aldehydes is 1. The van der Waals surface area contributed by atoms with Gasteiger partial charge in [-0.3, -0.25) is 4.79 Å². The quantitative estimate of drug-likeness (QED) is 0.423. The average Bonchev–Trinajstić information content (AvgIpc) is 2.26. The van der Waals surface area contributed by atoms with Crippen LogP contribution >= 0.6 is 0 Å². The van der Waals surface area contributed by atoms with E-state index in [1.165, 1.54) is 0 Å². The molecule has 0 aliphatic heterocycles. The second-order valence-corrected chi connectivity index (χ2v) is 3.21. The van der Waals surface area contributed by atoms with Crippen molar-refractivity contribution in [1.29, 1.82) is 0 Å². The van der Waals surface area contributed by atoms with E-state index in [1.807, 2.05) is 0 Å². The van der Waals surface area contributed by atoms with Gasteiger partial charge in [0.25, 0.3) is 0 Å². The van der Waals surface area contributed by atoms with Crippen LogP contribution in [0.3, 0.4) is 0 Å². The van der Waals surface area contributed by atoms with Gasteiger partial charge in [-0.25, -0.2) is 8.78 Å². The van der Waals surface area contributed by atoms with Crippen LogP contribution in [0.1, 0.15) is 23.2 Å². The number of carbonyl (C=O) groups excluding carboxylic acids is 1. The van der Waals surface area contributed by atoms with Crippen LogP contribution in [0.2, 0.25) is 0 Å². The molecule has 0 N–H and O–H groups in total. The Balaban J connectivity index is 2.72. The van der Waals surface area contributed by atoms with Crippen molar-refractivity contribution in [3.8, 4) is 5.75 Å². The largest absolute Gasteiger partial charge is 0.488 e. The van der Waals surface area contributed by atoms with Crippen molar-refractivity contribution < 1.29 is 18.3 Å². The van der Waals surface area contributed by atoms with E-state index in [0.717, 1.165) is 18.6 Å². The summed E-state index contributed by atoms with van der Waals surface area (Å²) in [5.41, 5.74) is -0.0477. The van der Waals surface area contributed by atoms with E-state index in [1.54, 1.807) is 6.08 Å². The second-order valence-electron chi connectivity index (χ2n) is 3.21. The minimum atomic E-state index is -0.860. The van der Waals surface area contributed by atoms with E-state index in [2.05, 4.69) is 6.58 Å². The van der Waals surface area contributed by atoms with Gasteiger partial charge in [0.15, 0.2) is 17.4 Å². The molecule has 0 amide bonds. The van der Waals surface area contributed by atoms with Gasteiger partial charge in [-0.2, -0.15) is 0 Å². The third-order valence-corrected chi connectivity index (χ3v) is 1.96. The zero-order valence-electron chi connectivity index (χ0n) is 8.71. The third kappa shape index (κ3) is 3.15. The molecule has 0 unspecified atom stereocenters. The molecule has 0 bridgehead atoms. The highest BCUT2D eigenvalue weighted by atomic mass is 19.1. The molecule has 0 fully saturated rings. The first-order valence-corrected chi connectivity index (χ1v) is 4.87. The summed E-state index contributed by atoms with van der Waals surface area (Å²) in [6, 6.07) is 1.89. The Morgan fingerprint density at radius 3 is 2.44 bits per heavy atom. The summed E-state index contributed by atoms with van der Waals surface area (Å²) >= 11 is 0. The molecule has 0 spiro atoms. The summed E-state index contributed by atoms with van der Waals surface area (Å²) in [6.07, 6.45) is 3.44. The molecule has 0 aliphatic rings. The van der Waals surface area contributed by atoms with Gasteiger partial charge in [0.2, 0.25) is 0 Å². The van der Waals surface area contributed by atoms with Crippen molar-refractivity contribution in [3.05, 3.63) is 42.0 Å². The van der Waals surface area contributed by atoms with Crippen molar-refractivity contribution >= 4 is 6.29 Å². The minimum absolute atomic E-state index is 0.0477. The maximum absolute atomic E-state index is 13.3. The highest BCUT2D eigenvalue weighted by molar-refractivity contribution is 5.75. The normalized spacial score (nSPS) is 9.88. The number of benzene rings is 1. The van der Waals surface area contributed by atoms with Gasteiger partial charge in [0.1, 0.15) is 6.29 Å². The SMILES string of the molecule is C=CCCCOc1c(F)cc(C=O)cc1F. The third-order valence-electron chi connectivity index (χ3n) is 1.96. The molecule has 0 aliphatic carbocycles. The van der Waals surface area contributed by atoms with Crippen LogP contribution in [0, 0.1) is 11.6 Å². The van der Waals surface area contributed by atoms with Gasteiger partial charge < -0.3 is 4.74 Å². The fraction of sp³-hybridized carbons (Fsp3) is 0.250. The molecular weight excluding hydrogens is 214 g/mol. The summed E-state index contributed by atoms with van der Waals surface area (Å²) in [7, 11) is 0. The van der Waals surface area contributed by atoms with E-state index in [4.69, 9.17) is 4.74 Å². The van der Waals surface area contributed by atoms with Gasteiger partial charge in [0.05, 0.1) is 6.61 Å². The number of allylic oxidation sites excluding steroid dienone is 1. The lowest BCUT2D eigenvalue weighted by Crippen LogP contribution is -2.02. The molecular formula is C12H12F2O2. The molecule has 1 aromatic carbocycles. The number of hydrogen-bond acceptors (Lipinski definition) is 2. The van der Waals surface area contributed by atoms with Crippen molar-refractivity contribution in [1.82, 2.24) is 0 Å². The van der Waals surface area contributed by atoms with Gasteiger partial charge in [-0.15, -0.1) is 6.58 Å². The van der Waals surface area contributed by atoms with Crippen LogP contribution in [0.4, 0.5) is 8.78 Å². The predicted octanol–water partition coefficient (Wildman–Crippen LogP) is 3.12. The Kier molecular flexibility index (Phi) is 4.64. The van der Waals surface area contributed by atoms with Crippen LogP contribution in [0.5, 0.6) is 5.75 Å². The highest BCUT2D eigenvalue weighted by Gasteiger charge is 2.12. The Morgan fingerprint density at radius 2 is 1.94 bits per heavy atom. The van der Waals surface area contributed by atoms with Crippen LogP contribution in [-0.4, -0.2) is 12.9 Å². The van der Waals surface area contributed by atoms with E-state index in [0.29, 0.717) is 12.7 Å². The lowest BCUT2D eigenvalue weighted by atomic mass is 10.2. The summed E-state index contributed by atoms with van der Waals surface area (Å²) in [5, 5.41) is 0. The molecule has 4 heteroatoms. The number of halogens is 2. The van der Waals surface area contributed by atoms with Gasteiger partial charge >= 0.3 is 0 Å². The molecule has 1 aromatic rings. The first-order valence-electron chi connectivity index (χ1n) is 4.87. The van der Waals surface area contributed by atoms with Gasteiger partial charge in [-0.1, -0.05) is 6.08 Å². The molecule has 0 radical (unpaired) electrons. The maximum atomic E-state index is 13.3. The van der Waals surface area contributed by atoms with Gasteiger partial charge in [0, 0.05) is 5.56 Å². The zero-order valence-corrected chi connectivity index (χ0v) is 8.71. The molecule has 0 saturated heterocycles. The summed E-state index contributed by atoms with van der Waals surface area (Å²) in [5.74, 6) is -2.16. The average molecular weight is 226 g/mol. The molecule has 86 valence electrons. The smallest absolute Gasteiger partial charge is 0.190 e. The lowest BCUT2D eigenvalue weighted by molar-refractivity contribution is 0.112. The summed E-state index contributed by atoms with van der Waals surface area (Å²) in [6.45, 7) is 3.73. The van der Waals surface area contributed by atoms with Crippen molar-refractivity contribution in [2.75, 3.05) is 6.61 Å². The first kappa shape index (κ1) is 12.4. The lowest BCUT2D eigenvalue weighted by Gasteiger charge is -2.07. The monoisotopic (exact) mass is 226 g/mol. The predicted molar refractivity (Wildman–Crippen MR) is 56.7 cm³/mol. The van der Waals surface area contributed by atoms with E-state index in [-0.39, 0.29) is 12.2 Å². The maximum Gasteiger partial charge on any atom is 0.190 e. The number of hydrogen-bond donors (Lipinski definition) is 0. The Hall–Kier alpha value is -1.71. The Bertz CT molecular complexity index is 366. The van der Waals surface area contributed by atoms with Crippen molar-refractivity contribution in [3.63, 3.8) is 0 Å². The fourth-order valence-electron chi connectivity index (χ4n) is 1.19. The van der Waals surface area contributed by atoms with E-state index < -0.39 is 17.4 Å². The van der Waals surface area contributed by atoms with Crippen molar-refractivity contribution in [2.24, 2.45) is 0 Å². The molecule has 2 nitrogen and oxygen atoms in total. The van der Waals surface area contributed by atoms with Crippen LogP contribution in [0.25, 0.3) is 0 Å². The molecule has 0 aromatic heterocycles. The Morgan fingerprint density at radius 1 is 1.31 bits per heavy atom. The number of ether oxygens (including phenoxy) is 1. The van der Waals surface area contributed by atoms with E-state index in [9.17, 15) is 13.6 Å². The topological polar surface area (TPSA) is 26.3 Å².